The van der Waals surface area contributed by atoms with Crippen molar-refractivity contribution in [1.82, 2.24) is 14.9 Å². The van der Waals surface area contributed by atoms with Crippen molar-refractivity contribution in [2.75, 3.05) is 0 Å². The third-order valence-corrected chi connectivity index (χ3v) is 5.58. The van der Waals surface area contributed by atoms with Crippen molar-refractivity contribution < 1.29 is 4.79 Å². The van der Waals surface area contributed by atoms with Gasteiger partial charge in [0.2, 0.25) is 0 Å². The Morgan fingerprint density at radius 1 is 1.14 bits per heavy atom. The molecule has 0 atom stereocenters. The number of hydrogen-bond acceptors (Lipinski definition) is 3. The highest BCUT2D eigenvalue weighted by Crippen LogP contribution is 2.25. The van der Waals surface area contributed by atoms with E-state index in [4.69, 9.17) is 0 Å². The van der Waals surface area contributed by atoms with Crippen molar-refractivity contribution in [2.24, 2.45) is 0 Å². The van der Waals surface area contributed by atoms with Crippen LogP contribution in [0.3, 0.4) is 0 Å². The zero-order chi connectivity index (χ0) is 19.5. The van der Waals surface area contributed by atoms with Gasteiger partial charge in [-0.3, -0.25) is 14.6 Å². The molecule has 5 heteroatoms. The van der Waals surface area contributed by atoms with Crippen molar-refractivity contribution in [2.45, 2.75) is 51.6 Å². The molecule has 1 fully saturated rings. The molecule has 1 aliphatic rings. The lowest BCUT2D eigenvalue weighted by molar-refractivity contribution is 0.0607. The third-order valence-electron chi connectivity index (χ3n) is 5.58. The molecule has 0 aliphatic heterocycles. The van der Waals surface area contributed by atoms with E-state index in [1.54, 1.807) is 18.3 Å². The van der Waals surface area contributed by atoms with E-state index in [0.717, 1.165) is 42.1 Å². The van der Waals surface area contributed by atoms with E-state index in [0.29, 0.717) is 17.8 Å². The van der Waals surface area contributed by atoms with Gasteiger partial charge in [0.25, 0.3) is 11.5 Å². The summed E-state index contributed by atoms with van der Waals surface area (Å²) in [7, 11) is 0. The van der Waals surface area contributed by atoms with Crippen LogP contribution in [-0.2, 0) is 6.54 Å². The topological polar surface area (TPSA) is 66.1 Å². The average molecular weight is 375 g/mol. The Hall–Kier alpha value is -2.95. The van der Waals surface area contributed by atoms with E-state index in [2.05, 4.69) is 9.97 Å². The summed E-state index contributed by atoms with van der Waals surface area (Å²) >= 11 is 0. The number of carbonyl (C=O) groups excluding carboxylic acids is 1. The van der Waals surface area contributed by atoms with Crippen LogP contribution < -0.4 is 5.56 Å². The smallest absolute Gasteiger partial charge is 0.272 e. The predicted octanol–water partition coefficient (Wildman–Crippen LogP) is 4.21. The maximum Gasteiger partial charge on any atom is 0.272 e. The minimum Gasteiger partial charge on any atom is -0.330 e. The molecule has 1 aliphatic carbocycles. The SMILES string of the molecule is Cc1ccc2cc(CN(C(=O)c3ccccn3)C3CCCCC3)c(=O)[nH]c2c1. The number of amides is 1. The normalized spacial score (nSPS) is 14.9. The van der Waals surface area contributed by atoms with Gasteiger partial charge in [0, 0.05) is 23.3 Å². The van der Waals surface area contributed by atoms with Crippen molar-refractivity contribution in [3.05, 3.63) is 75.8 Å². The Kier molecular flexibility index (Phi) is 5.24. The highest BCUT2D eigenvalue weighted by Gasteiger charge is 2.27. The summed E-state index contributed by atoms with van der Waals surface area (Å²) in [5, 5.41) is 0.981. The fourth-order valence-electron chi connectivity index (χ4n) is 4.06. The van der Waals surface area contributed by atoms with Crippen LogP contribution in [0.5, 0.6) is 0 Å². The van der Waals surface area contributed by atoms with Crippen LogP contribution in [0.2, 0.25) is 0 Å². The minimum atomic E-state index is -0.132. The Bertz CT molecular complexity index is 1040. The molecule has 0 saturated heterocycles. The molecule has 1 N–H and O–H groups in total. The number of benzene rings is 1. The van der Waals surface area contributed by atoms with Gasteiger partial charge in [0.1, 0.15) is 5.69 Å². The van der Waals surface area contributed by atoms with Crippen LogP contribution in [0.25, 0.3) is 10.9 Å². The van der Waals surface area contributed by atoms with Crippen molar-refractivity contribution in [3.8, 4) is 0 Å². The molecule has 28 heavy (non-hydrogen) atoms. The summed E-state index contributed by atoms with van der Waals surface area (Å²) in [5.74, 6) is -0.101. The number of nitrogens with zero attached hydrogens (tertiary/aromatic N) is 2. The number of aromatic nitrogens is 2. The molecule has 2 heterocycles. The van der Waals surface area contributed by atoms with Crippen molar-refractivity contribution >= 4 is 16.8 Å². The second-order valence-electron chi connectivity index (χ2n) is 7.65. The first-order valence-corrected chi connectivity index (χ1v) is 9.96. The second kappa shape index (κ2) is 7.97. The number of H-pyrrole nitrogens is 1. The molecule has 0 radical (unpaired) electrons. The molecule has 3 aromatic rings. The molecule has 1 saturated carbocycles. The summed E-state index contributed by atoms with van der Waals surface area (Å²) in [6, 6.07) is 13.4. The summed E-state index contributed by atoms with van der Waals surface area (Å²) in [6.45, 7) is 2.31. The van der Waals surface area contributed by atoms with Crippen LogP contribution in [0.15, 0.2) is 53.5 Å². The molecule has 0 spiro atoms. The van der Waals surface area contributed by atoms with Crippen LogP contribution >= 0.6 is 0 Å². The van der Waals surface area contributed by atoms with E-state index in [1.165, 1.54) is 6.42 Å². The molecule has 0 unspecified atom stereocenters. The van der Waals surface area contributed by atoms with E-state index < -0.39 is 0 Å². The standard InChI is InChI=1S/C23H25N3O2/c1-16-10-11-17-14-18(22(27)25-21(17)13-16)15-26(19-7-3-2-4-8-19)23(28)20-9-5-6-12-24-20/h5-6,9-14,19H,2-4,7-8,15H2,1H3,(H,25,27). The van der Waals surface area contributed by atoms with Crippen LogP contribution in [0.4, 0.5) is 0 Å². The van der Waals surface area contributed by atoms with Gasteiger partial charge < -0.3 is 9.88 Å². The minimum absolute atomic E-state index is 0.101. The third kappa shape index (κ3) is 3.84. The molecule has 5 nitrogen and oxygen atoms in total. The zero-order valence-electron chi connectivity index (χ0n) is 16.1. The average Bonchev–Trinajstić information content (AvgIpc) is 2.73. The number of hydrogen-bond donors (Lipinski definition) is 1. The molecule has 0 bridgehead atoms. The number of rotatable bonds is 4. The summed E-state index contributed by atoms with van der Waals surface area (Å²) in [4.78, 5) is 35.0. The van der Waals surface area contributed by atoms with Gasteiger partial charge in [-0.2, -0.15) is 0 Å². The number of aromatic amines is 1. The molecule has 1 amide bonds. The first-order chi connectivity index (χ1) is 13.6. The van der Waals surface area contributed by atoms with Gasteiger partial charge in [-0.05, 0) is 55.0 Å². The Morgan fingerprint density at radius 2 is 1.96 bits per heavy atom. The number of fused-ring (bicyclic) bond motifs is 1. The number of carbonyl (C=O) groups is 1. The second-order valence-corrected chi connectivity index (χ2v) is 7.65. The highest BCUT2D eigenvalue weighted by molar-refractivity contribution is 5.92. The Balaban J connectivity index is 1.70. The first-order valence-electron chi connectivity index (χ1n) is 9.96. The summed E-state index contributed by atoms with van der Waals surface area (Å²) in [5.41, 5.74) is 2.85. The van der Waals surface area contributed by atoms with Crippen molar-refractivity contribution in [1.29, 1.82) is 0 Å². The Labute approximate surface area is 164 Å². The van der Waals surface area contributed by atoms with Gasteiger partial charge in [-0.25, -0.2) is 0 Å². The van der Waals surface area contributed by atoms with E-state index in [-0.39, 0.29) is 17.5 Å². The lowest BCUT2D eigenvalue weighted by Crippen LogP contribution is -2.42. The fourth-order valence-corrected chi connectivity index (χ4v) is 4.06. The van der Waals surface area contributed by atoms with Gasteiger partial charge in [0.15, 0.2) is 0 Å². The summed E-state index contributed by atoms with van der Waals surface area (Å²) < 4.78 is 0. The number of aryl methyl sites for hydroxylation is 1. The van der Waals surface area contributed by atoms with Crippen LogP contribution in [-0.4, -0.2) is 26.8 Å². The largest absolute Gasteiger partial charge is 0.330 e. The number of nitrogens with one attached hydrogen (secondary N) is 1. The lowest BCUT2D eigenvalue weighted by atomic mass is 9.93. The van der Waals surface area contributed by atoms with E-state index >= 15 is 0 Å². The molecule has 144 valence electrons. The van der Waals surface area contributed by atoms with Crippen LogP contribution in [0.1, 0.15) is 53.7 Å². The monoisotopic (exact) mass is 375 g/mol. The zero-order valence-corrected chi connectivity index (χ0v) is 16.1. The molecule has 4 rings (SSSR count). The van der Waals surface area contributed by atoms with Crippen molar-refractivity contribution in [3.63, 3.8) is 0 Å². The Morgan fingerprint density at radius 3 is 2.71 bits per heavy atom. The first kappa shape index (κ1) is 18.4. The maximum atomic E-state index is 13.2. The molecule has 1 aromatic carbocycles. The van der Waals surface area contributed by atoms with E-state index in [9.17, 15) is 9.59 Å². The van der Waals surface area contributed by atoms with Gasteiger partial charge >= 0.3 is 0 Å². The van der Waals surface area contributed by atoms with Gasteiger partial charge in [0.05, 0.1) is 6.54 Å². The van der Waals surface area contributed by atoms with Crippen LogP contribution in [0, 0.1) is 6.92 Å². The maximum absolute atomic E-state index is 13.2. The molecule has 2 aromatic heterocycles. The quantitative estimate of drug-likeness (QED) is 0.743. The molecular formula is C23H25N3O2. The summed E-state index contributed by atoms with van der Waals surface area (Å²) in [6.07, 6.45) is 7.02. The fraction of sp³-hybridized carbons (Fsp3) is 0.348. The predicted molar refractivity (Wildman–Crippen MR) is 110 cm³/mol. The molecular weight excluding hydrogens is 350 g/mol. The van der Waals surface area contributed by atoms with E-state index in [1.807, 2.05) is 42.2 Å². The number of pyridine rings is 2. The highest BCUT2D eigenvalue weighted by atomic mass is 16.2. The van der Waals surface area contributed by atoms with Gasteiger partial charge in [-0.1, -0.05) is 37.5 Å². The van der Waals surface area contributed by atoms with Gasteiger partial charge in [-0.15, -0.1) is 0 Å². The lowest BCUT2D eigenvalue weighted by Gasteiger charge is -2.34.